The molecule has 1 fully saturated rings. The highest BCUT2D eigenvalue weighted by molar-refractivity contribution is 8.16. The van der Waals surface area contributed by atoms with Crippen LogP contribution in [0, 0.1) is 6.92 Å². The summed E-state index contributed by atoms with van der Waals surface area (Å²) in [6, 6.07) is 9.73. The quantitative estimate of drug-likeness (QED) is 0.650. The van der Waals surface area contributed by atoms with Crippen molar-refractivity contribution < 1.29 is 4.79 Å². The Kier molecular flexibility index (Phi) is 5.90. The van der Waals surface area contributed by atoms with Crippen LogP contribution in [0.1, 0.15) is 42.5 Å². The summed E-state index contributed by atoms with van der Waals surface area (Å²) in [5.41, 5.74) is 2.34. The third kappa shape index (κ3) is 4.34. The normalized spacial score (nSPS) is 18.1. The number of aryl methyl sites for hydroxylation is 1. The standard InChI is InChI=1S/C21H22ClN3OS2/c1-14-7-8-16(15(22)12-14)23-18(26)13-28-20-19(17-6-5-11-27-17)24-21(25-20)9-3-2-4-10-21/h5-8,11-12H,2-4,9-10,13H2,1H3,(H,23,26). The van der Waals surface area contributed by atoms with Gasteiger partial charge in [-0.2, -0.15) is 0 Å². The van der Waals surface area contributed by atoms with Crippen LogP contribution in [0.2, 0.25) is 5.02 Å². The molecular weight excluding hydrogens is 410 g/mol. The fourth-order valence-corrected chi connectivity index (χ4v) is 5.51. The van der Waals surface area contributed by atoms with Gasteiger partial charge < -0.3 is 5.32 Å². The second-order valence-electron chi connectivity index (χ2n) is 7.22. The molecule has 0 unspecified atom stereocenters. The summed E-state index contributed by atoms with van der Waals surface area (Å²) in [5, 5.41) is 6.39. The Bertz CT molecular complexity index is 931. The lowest BCUT2D eigenvalue weighted by Crippen LogP contribution is -2.25. The van der Waals surface area contributed by atoms with Crippen molar-refractivity contribution in [1.82, 2.24) is 0 Å². The van der Waals surface area contributed by atoms with Crippen LogP contribution in [0.4, 0.5) is 5.69 Å². The van der Waals surface area contributed by atoms with E-state index in [1.54, 1.807) is 11.3 Å². The van der Waals surface area contributed by atoms with Gasteiger partial charge in [-0.05, 0) is 61.7 Å². The van der Waals surface area contributed by atoms with E-state index in [-0.39, 0.29) is 17.3 Å². The van der Waals surface area contributed by atoms with Crippen molar-refractivity contribution in [1.29, 1.82) is 0 Å². The predicted octanol–water partition coefficient (Wildman–Crippen LogP) is 5.94. The molecule has 2 heterocycles. The smallest absolute Gasteiger partial charge is 0.234 e. The number of nitrogens with one attached hydrogen (secondary N) is 1. The average Bonchev–Trinajstić information content (AvgIpc) is 3.31. The number of aliphatic imine (C=N–C) groups is 2. The minimum absolute atomic E-state index is 0.0893. The number of hydrogen-bond donors (Lipinski definition) is 1. The topological polar surface area (TPSA) is 53.8 Å². The molecule has 28 heavy (non-hydrogen) atoms. The molecule has 7 heteroatoms. The Morgan fingerprint density at radius 3 is 2.79 bits per heavy atom. The number of carbonyl (C=O) groups is 1. The van der Waals surface area contributed by atoms with Crippen LogP contribution >= 0.6 is 34.7 Å². The van der Waals surface area contributed by atoms with Gasteiger partial charge >= 0.3 is 0 Å². The van der Waals surface area contributed by atoms with Crippen molar-refractivity contribution in [2.45, 2.75) is 44.7 Å². The van der Waals surface area contributed by atoms with Crippen LogP contribution in [0.15, 0.2) is 45.7 Å². The SMILES string of the molecule is Cc1ccc(NC(=O)CSC2=NC3(CCCCC3)N=C2c2cccs2)c(Cl)c1. The van der Waals surface area contributed by atoms with Gasteiger partial charge in [0.15, 0.2) is 5.66 Å². The maximum atomic E-state index is 12.5. The van der Waals surface area contributed by atoms with E-state index in [9.17, 15) is 4.79 Å². The monoisotopic (exact) mass is 431 g/mol. The number of carbonyl (C=O) groups excluding carboxylic acids is 1. The fourth-order valence-electron chi connectivity index (χ4n) is 3.58. The molecule has 1 aromatic heterocycles. The van der Waals surface area contributed by atoms with Gasteiger partial charge in [-0.15, -0.1) is 11.3 Å². The van der Waals surface area contributed by atoms with Gasteiger partial charge in [-0.1, -0.05) is 41.9 Å². The van der Waals surface area contributed by atoms with Gasteiger partial charge in [0.05, 0.1) is 21.3 Å². The van der Waals surface area contributed by atoms with Crippen LogP contribution < -0.4 is 5.32 Å². The van der Waals surface area contributed by atoms with Crippen LogP contribution in [0.5, 0.6) is 0 Å². The van der Waals surface area contributed by atoms with E-state index in [2.05, 4.69) is 16.8 Å². The molecule has 4 nitrogen and oxygen atoms in total. The van der Waals surface area contributed by atoms with E-state index in [0.29, 0.717) is 10.7 Å². The number of amides is 1. The van der Waals surface area contributed by atoms with Gasteiger partial charge in [0.2, 0.25) is 5.91 Å². The van der Waals surface area contributed by atoms with E-state index in [4.69, 9.17) is 21.6 Å². The van der Waals surface area contributed by atoms with E-state index in [0.717, 1.165) is 46.9 Å². The Morgan fingerprint density at radius 2 is 2.07 bits per heavy atom. The molecule has 2 aromatic rings. The minimum Gasteiger partial charge on any atom is -0.324 e. The first-order chi connectivity index (χ1) is 13.5. The minimum atomic E-state index is -0.309. The zero-order valence-corrected chi connectivity index (χ0v) is 18.1. The highest BCUT2D eigenvalue weighted by Gasteiger charge is 2.38. The number of benzene rings is 1. The fraction of sp³-hybridized carbons (Fsp3) is 0.381. The first-order valence-electron chi connectivity index (χ1n) is 9.47. The largest absolute Gasteiger partial charge is 0.324 e. The summed E-state index contributed by atoms with van der Waals surface area (Å²) < 4.78 is 0. The molecule has 1 amide bonds. The summed E-state index contributed by atoms with van der Waals surface area (Å²) in [6.45, 7) is 1.97. The number of rotatable bonds is 4. The number of anilines is 1. The zero-order valence-electron chi connectivity index (χ0n) is 15.7. The third-order valence-electron chi connectivity index (χ3n) is 4.98. The lowest BCUT2D eigenvalue weighted by atomic mass is 9.90. The van der Waals surface area contributed by atoms with Crippen LogP contribution in [0.25, 0.3) is 0 Å². The van der Waals surface area contributed by atoms with Crippen molar-refractivity contribution >= 4 is 57.0 Å². The van der Waals surface area contributed by atoms with Gasteiger partial charge in [-0.25, -0.2) is 4.99 Å². The highest BCUT2D eigenvalue weighted by Crippen LogP contribution is 2.39. The molecule has 1 aliphatic heterocycles. The third-order valence-corrected chi connectivity index (χ3v) is 7.13. The molecule has 0 radical (unpaired) electrons. The van der Waals surface area contributed by atoms with Crippen molar-refractivity contribution in [3.63, 3.8) is 0 Å². The van der Waals surface area contributed by atoms with E-state index >= 15 is 0 Å². The predicted molar refractivity (Wildman–Crippen MR) is 121 cm³/mol. The average molecular weight is 432 g/mol. The van der Waals surface area contributed by atoms with E-state index in [1.165, 1.54) is 18.2 Å². The Balaban J connectivity index is 1.47. The Hall–Kier alpha value is -1.63. The molecule has 4 rings (SSSR count). The van der Waals surface area contributed by atoms with Crippen LogP contribution in [-0.2, 0) is 4.79 Å². The van der Waals surface area contributed by atoms with E-state index < -0.39 is 0 Å². The van der Waals surface area contributed by atoms with Crippen molar-refractivity contribution in [2.24, 2.45) is 9.98 Å². The summed E-state index contributed by atoms with van der Waals surface area (Å²) in [4.78, 5) is 23.6. The number of thioether (sulfide) groups is 1. The lowest BCUT2D eigenvalue weighted by Gasteiger charge is -2.27. The Morgan fingerprint density at radius 1 is 1.25 bits per heavy atom. The molecule has 0 atom stereocenters. The second-order valence-corrected chi connectivity index (χ2v) is 9.54. The van der Waals surface area contributed by atoms with Gasteiger partial charge in [-0.3, -0.25) is 9.79 Å². The molecule has 2 aliphatic rings. The second kappa shape index (κ2) is 8.39. The molecule has 0 bridgehead atoms. The molecule has 146 valence electrons. The summed E-state index contributed by atoms with van der Waals surface area (Å²) in [6.07, 6.45) is 5.57. The zero-order chi connectivity index (χ0) is 19.6. The first kappa shape index (κ1) is 19.7. The van der Waals surface area contributed by atoms with Crippen molar-refractivity contribution in [2.75, 3.05) is 11.1 Å². The number of nitrogens with zero attached hydrogens (tertiary/aromatic N) is 2. The summed E-state index contributed by atoms with van der Waals surface area (Å²) >= 11 is 9.36. The molecule has 1 aromatic carbocycles. The summed E-state index contributed by atoms with van der Waals surface area (Å²) in [7, 11) is 0. The Labute approximate surface area is 178 Å². The van der Waals surface area contributed by atoms with Gasteiger partial charge in [0.25, 0.3) is 0 Å². The number of hydrogen-bond acceptors (Lipinski definition) is 5. The molecule has 1 spiro atoms. The molecule has 1 N–H and O–H groups in total. The molecule has 0 saturated heterocycles. The van der Waals surface area contributed by atoms with Crippen LogP contribution in [-0.4, -0.2) is 28.1 Å². The lowest BCUT2D eigenvalue weighted by molar-refractivity contribution is -0.113. The maximum Gasteiger partial charge on any atom is 0.234 e. The number of thiophene rings is 1. The number of halogens is 1. The molecule has 1 aliphatic carbocycles. The molecular formula is C21H22ClN3OS2. The summed E-state index contributed by atoms with van der Waals surface area (Å²) in [5.74, 6) is 0.192. The maximum absolute atomic E-state index is 12.5. The van der Waals surface area contributed by atoms with Gasteiger partial charge in [0, 0.05) is 0 Å². The highest BCUT2D eigenvalue weighted by atomic mass is 35.5. The molecule has 1 saturated carbocycles. The van der Waals surface area contributed by atoms with Gasteiger partial charge in [0.1, 0.15) is 10.8 Å². The van der Waals surface area contributed by atoms with Crippen molar-refractivity contribution in [3.05, 3.63) is 51.2 Å². The van der Waals surface area contributed by atoms with Crippen LogP contribution in [0.3, 0.4) is 0 Å². The van der Waals surface area contributed by atoms with Crippen molar-refractivity contribution in [3.8, 4) is 0 Å². The first-order valence-corrected chi connectivity index (χ1v) is 11.7. The van der Waals surface area contributed by atoms with E-state index in [1.807, 2.05) is 31.2 Å².